The van der Waals surface area contributed by atoms with Gasteiger partial charge in [0.25, 0.3) is 10.0 Å². The lowest BCUT2D eigenvalue weighted by Crippen LogP contribution is -2.41. The van der Waals surface area contributed by atoms with Gasteiger partial charge in [0, 0.05) is 31.7 Å². The van der Waals surface area contributed by atoms with Gasteiger partial charge in [-0.1, -0.05) is 12.1 Å². The fraction of sp³-hybridized carbons (Fsp3) is 0.333. The number of amidine groups is 1. The number of benzene rings is 2. The van der Waals surface area contributed by atoms with Crippen molar-refractivity contribution in [3.05, 3.63) is 59.9 Å². The lowest BCUT2D eigenvalue weighted by atomic mass is 10.2. The largest absolute Gasteiger partial charge is 0.339 e. The van der Waals surface area contributed by atoms with Crippen LogP contribution in [0.3, 0.4) is 0 Å². The van der Waals surface area contributed by atoms with Crippen LogP contribution in [-0.4, -0.2) is 70.0 Å². The summed E-state index contributed by atoms with van der Waals surface area (Å²) in [4.78, 5) is 19.0. The summed E-state index contributed by atoms with van der Waals surface area (Å²) < 4.78 is 67.1. The fourth-order valence-corrected chi connectivity index (χ4v) is 6.56. The Hall–Kier alpha value is -2.83. The van der Waals surface area contributed by atoms with Crippen molar-refractivity contribution in [2.24, 2.45) is 4.99 Å². The molecule has 0 bridgehead atoms. The maximum Gasteiger partial charge on any atom is 0.263 e. The third-order valence-electron chi connectivity index (χ3n) is 5.56. The van der Waals surface area contributed by atoms with Gasteiger partial charge in [0.1, 0.15) is 17.7 Å². The molecule has 176 valence electrons. The van der Waals surface area contributed by atoms with E-state index in [1.807, 2.05) is 0 Å². The van der Waals surface area contributed by atoms with Crippen LogP contribution >= 0.6 is 0 Å². The lowest BCUT2D eigenvalue weighted by molar-refractivity contribution is -0.131. The highest BCUT2D eigenvalue weighted by Crippen LogP contribution is 2.23. The molecule has 2 heterocycles. The van der Waals surface area contributed by atoms with Crippen LogP contribution in [0.4, 0.5) is 4.39 Å². The van der Waals surface area contributed by atoms with Gasteiger partial charge in [-0.3, -0.25) is 14.5 Å². The average Bonchev–Trinajstić information content (AvgIpc) is 2.93. The summed E-state index contributed by atoms with van der Waals surface area (Å²) in [5.41, 5.74) is 0.407. The van der Waals surface area contributed by atoms with Crippen LogP contribution in [0.5, 0.6) is 0 Å². The van der Waals surface area contributed by atoms with Crippen LogP contribution in [0, 0.1) is 5.82 Å². The average molecular weight is 495 g/mol. The first-order valence-electron chi connectivity index (χ1n) is 10.3. The molecule has 0 aliphatic carbocycles. The van der Waals surface area contributed by atoms with Gasteiger partial charge in [-0.15, -0.1) is 0 Å². The van der Waals surface area contributed by atoms with Crippen molar-refractivity contribution in [1.82, 2.24) is 13.9 Å². The first kappa shape index (κ1) is 23.3. The number of rotatable bonds is 4. The molecule has 1 amide bonds. The van der Waals surface area contributed by atoms with Crippen LogP contribution in [0.25, 0.3) is 0 Å². The topological polar surface area (TPSA) is 116 Å². The smallest absolute Gasteiger partial charge is 0.263 e. The van der Waals surface area contributed by atoms with E-state index in [9.17, 15) is 26.0 Å². The second-order valence-electron chi connectivity index (χ2n) is 7.79. The van der Waals surface area contributed by atoms with E-state index in [2.05, 4.69) is 9.71 Å². The first-order chi connectivity index (χ1) is 15.6. The number of carbonyl (C=O) groups excluding carboxylic acids is 1. The van der Waals surface area contributed by atoms with Crippen molar-refractivity contribution in [2.45, 2.75) is 29.2 Å². The maximum absolute atomic E-state index is 13.2. The summed E-state index contributed by atoms with van der Waals surface area (Å²) in [5, 5.41) is 0. The molecular weight excluding hydrogens is 471 g/mol. The molecule has 12 heteroatoms. The zero-order valence-corrected chi connectivity index (χ0v) is 19.4. The highest BCUT2D eigenvalue weighted by atomic mass is 32.2. The van der Waals surface area contributed by atoms with Crippen molar-refractivity contribution >= 4 is 31.8 Å². The SMILES string of the molecule is C[C@@H](N=C1NS(=O)(=O)c2ccccc21)C(=O)N1CCCN(S(=O)(=O)c2ccc(F)cc2)CC1. The van der Waals surface area contributed by atoms with Gasteiger partial charge in [-0.2, -0.15) is 4.31 Å². The number of nitrogens with zero attached hydrogens (tertiary/aromatic N) is 3. The molecule has 1 saturated heterocycles. The van der Waals surface area contributed by atoms with Gasteiger partial charge < -0.3 is 4.90 Å². The number of aliphatic imine (C=N–C) groups is 1. The van der Waals surface area contributed by atoms with Crippen LogP contribution < -0.4 is 4.72 Å². The Bertz CT molecular complexity index is 1310. The number of carbonyl (C=O) groups is 1. The molecule has 0 unspecified atom stereocenters. The first-order valence-corrected chi connectivity index (χ1v) is 13.3. The summed E-state index contributed by atoms with van der Waals surface area (Å²) >= 11 is 0. The summed E-state index contributed by atoms with van der Waals surface area (Å²) in [6.07, 6.45) is 0.422. The molecule has 33 heavy (non-hydrogen) atoms. The van der Waals surface area contributed by atoms with Crippen molar-refractivity contribution in [1.29, 1.82) is 0 Å². The van der Waals surface area contributed by atoms with Crippen LogP contribution in [-0.2, 0) is 24.8 Å². The van der Waals surface area contributed by atoms with Gasteiger partial charge in [0.2, 0.25) is 15.9 Å². The summed E-state index contributed by atoms with van der Waals surface area (Å²) in [5.74, 6) is -0.738. The number of nitrogens with one attached hydrogen (secondary N) is 1. The Labute approximate surface area is 192 Å². The minimum absolute atomic E-state index is 0.00405. The molecule has 1 N–H and O–H groups in total. The fourth-order valence-electron chi connectivity index (χ4n) is 3.85. The quantitative estimate of drug-likeness (QED) is 0.685. The molecule has 1 fully saturated rings. The highest BCUT2D eigenvalue weighted by Gasteiger charge is 2.33. The second-order valence-corrected chi connectivity index (χ2v) is 11.4. The molecule has 2 aliphatic rings. The predicted octanol–water partition coefficient (Wildman–Crippen LogP) is 1.18. The van der Waals surface area contributed by atoms with Gasteiger partial charge in [0.15, 0.2) is 0 Å². The van der Waals surface area contributed by atoms with Crippen LogP contribution in [0.2, 0.25) is 0 Å². The van der Waals surface area contributed by atoms with Crippen molar-refractivity contribution in [3.8, 4) is 0 Å². The monoisotopic (exact) mass is 494 g/mol. The third kappa shape index (κ3) is 4.63. The number of hydrogen-bond acceptors (Lipinski definition) is 6. The Balaban J connectivity index is 1.47. The van der Waals surface area contributed by atoms with E-state index in [0.717, 1.165) is 12.1 Å². The van der Waals surface area contributed by atoms with E-state index in [4.69, 9.17) is 0 Å². The normalized spacial score (nSPS) is 20.7. The Morgan fingerprint density at radius 2 is 1.76 bits per heavy atom. The molecule has 4 rings (SSSR count). The summed E-state index contributed by atoms with van der Waals surface area (Å²) in [6, 6.07) is 10.1. The van der Waals surface area contributed by atoms with Crippen LogP contribution in [0.15, 0.2) is 63.3 Å². The summed E-state index contributed by atoms with van der Waals surface area (Å²) in [6.45, 7) is 2.38. The second kappa shape index (κ2) is 8.84. The molecule has 0 saturated carbocycles. The molecule has 2 aromatic carbocycles. The van der Waals surface area contributed by atoms with E-state index in [-0.39, 0.29) is 41.2 Å². The lowest BCUT2D eigenvalue weighted by Gasteiger charge is -2.23. The molecule has 9 nitrogen and oxygen atoms in total. The predicted molar refractivity (Wildman–Crippen MR) is 119 cm³/mol. The van der Waals surface area contributed by atoms with Crippen LogP contribution in [0.1, 0.15) is 18.9 Å². The maximum atomic E-state index is 13.2. The molecule has 0 aromatic heterocycles. The van der Waals surface area contributed by atoms with Crippen molar-refractivity contribution < 1.29 is 26.0 Å². The summed E-state index contributed by atoms with van der Waals surface area (Å²) in [7, 11) is -7.52. The molecule has 2 aliphatic heterocycles. The molecule has 2 aromatic rings. The van der Waals surface area contributed by atoms with E-state index < -0.39 is 31.9 Å². The Morgan fingerprint density at radius 1 is 1.06 bits per heavy atom. The minimum atomic E-state index is -3.81. The van der Waals surface area contributed by atoms with Gasteiger partial charge >= 0.3 is 0 Å². The number of sulfonamides is 2. The van der Waals surface area contributed by atoms with Gasteiger partial charge in [0.05, 0.1) is 9.79 Å². The minimum Gasteiger partial charge on any atom is -0.339 e. The van der Waals surface area contributed by atoms with Gasteiger partial charge in [-0.05, 0) is 49.7 Å². The van der Waals surface area contributed by atoms with Crippen molar-refractivity contribution in [2.75, 3.05) is 26.2 Å². The standard InChI is InChI=1S/C21H23FN4O5S2/c1-15(23-20-18-5-2-3-6-19(18)32(28,29)24-20)21(27)25-11-4-12-26(14-13-25)33(30,31)17-9-7-16(22)8-10-17/h2-3,5-10,15H,4,11-14H2,1H3,(H,23,24)/t15-/m1/s1. The highest BCUT2D eigenvalue weighted by molar-refractivity contribution is 7.90. The number of fused-ring (bicyclic) bond motifs is 1. The van der Waals surface area contributed by atoms with E-state index >= 15 is 0 Å². The molecule has 0 spiro atoms. The zero-order valence-electron chi connectivity index (χ0n) is 17.8. The zero-order chi connectivity index (χ0) is 23.8. The van der Waals surface area contributed by atoms with Gasteiger partial charge in [-0.25, -0.2) is 21.2 Å². The van der Waals surface area contributed by atoms with Crippen molar-refractivity contribution in [3.63, 3.8) is 0 Å². The van der Waals surface area contributed by atoms with E-state index in [0.29, 0.717) is 18.5 Å². The molecular formula is C21H23FN4O5S2. The third-order valence-corrected chi connectivity index (χ3v) is 8.87. The number of halogens is 1. The Morgan fingerprint density at radius 3 is 2.48 bits per heavy atom. The number of hydrogen-bond donors (Lipinski definition) is 1. The number of amides is 1. The molecule has 0 radical (unpaired) electrons. The Kier molecular flexibility index (Phi) is 6.25. The van der Waals surface area contributed by atoms with E-state index in [1.165, 1.54) is 27.4 Å². The molecule has 1 atom stereocenters. The van der Waals surface area contributed by atoms with E-state index in [1.54, 1.807) is 25.1 Å².